The molecule has 0 fully saturated rings. The molecular formula is C17H14F2N4O6. The molecule has 3 aromatic rings. The lowest BCUT2D eigenvalue weighted by molar-refractivity contribution is -0.386. The summed E-state index contributed by atoms with van der Waals surface area (Å²) in [5.74, 6) is -0.855. The maximum atomic E-state index is 12.5. The van der Waals surface area contributed by atoms with E-state index < -0.39 is 35.5 Å². The molecule has 0 bridgehead atoms. The summed E-state index contributed by atoms with van der Waals surface area (Å²) in [6, 6.07) is 4.94. The number of nitro benzene ring substituents is 1. The lowest BCUT2D eigenvalue weighted by Crippen LogP contribution is -2.09. The van der Waals surface area contributed by atoms with Crippen LogP contribution >= 0.6 is 0 Å². The molecule has 0 saturated carbocycles. The molecule has 1 aromatic carbocycles. The van der Waals surface area contributed by atoms with Crippen LogP contribution in [-0.4, -0.2) is 39.2 Å². The van der Waals surface area contributed by atoms with Gasteiger partial charge in [-0.15, -0.1) is 10.2 Å². The highest BCUT2D eigenvalue weighted by molar-refractivity contribution is 5.89. The number of hydrogen-bond acceptors (Lipinski definition) is 8. The highest BCUT2D eigenvalue weighted by Crippen LogP contribution is 2.36. The van der Waals surface area contributed by atoms with Gasteiger partial charge in [0.05, 0.1) is 29.2 Å². The minimum absolute atomic E-state index is 0.0524. The maximum Gasteiger partial charge on any atom is 0.387 e. The van der Waals surface area contributed by atoms with Crippen molar-refractivity contribution in [2.75, 3.05) is 7.11 Å². The number of alkyl halides is 2. The first-order valence-electron chi connectivity index (χ1n) is 8.08. The van der Waals surface area contributed by atoms with Crippen molar-refractivity contribution in [2.45, 2.75) is 20.1 Å². The minimum atomic E-state index is -3.19. The van der Waals surface area contributed by atoms with Crippen molar-refractivity contribution in [3.8, 4) is 11.5 Å². The highest BCUT2D eigenvalue weighted by Gasteiger charge is 2.23. The molecule has 0 spiro atoms. The Morgan fingerprint density at radius 3 is 2.69 bits per heavy atom. The fraction of sp³-hybridized carbons (Fsp3) is 0.235. The first-order chi connectivity index (χ1) is 13.8. The number of nitro groups is 1. The Kier molecular flexibility index (Phi) is 5.52. The minimum Gasteiger partial charge on any atom is -0.493 e. The molecule has 0 saturated heterocycles. The predicted molar refractivity (Wildman–Crippen MR) is 93.1 cm³/mol. The summed E-state index contributed by atoms with van der Waals surface area (Å²) in [5, 5.41) is 19.1. The number of esters is 1. The zero-order valence-electron chi connectivity index (χ0n) is 15.2. The number of hydrogen-bond donors (Lipinski definition) is 0. The monoisotopic (exact) mass is 408 g/mol. The first-order valence-corrected chi connectivity index (χ1v) is 8.08. The van der Waals surface area contributed by atoms with Crippen molar-refractivity contribution < 1.29 is 32.7 Å². The molecule has 0 radical (unpaired) electrons. The van der Waals surface area contributed by atoms with E-state index in [9.17, 15) is 23.7 Å². The van der Waals surface area contributed by atoms with Gasteiger partial charge in [-0.2, -0.15) is 8.78 Å². The normalized spacial score (nSPS) is 10.9. The quantitative estimate of drug-likeness (QED) is 0.333. The number of nitrogens with zero attached hydrogens (tertiary/aromatic N) is 4. The van der Waals surface area contributed by atoms with E-state index in [1.807, 2.05) is 0 Å². The third kappa shape index (κ3) is 4.20. The Morgan fingerprint density at radius 1 is 1.28 bits per heavy atom. The molecule has 2 aromatic heterocycles. The third-order valence-electron chi connectivity index (χ3n) is 3.94. The molecule has 152 valence electrons. The van der Waals surface area contributed by atoms with Gasteiger partial charge >= 0.3 is 12.6 Å². The average Bonchev–Trinajstić information content (AvgIpc) is 3.06. The fourth-order valence-corrected chi connectivity index (χ4v) is 2.58. The molecule has 12 heteroatoms. The van der Waals surface area contributed by atoms with Crippen molar-refractivity contribution in [1.82, 2.24) is 14.6 Å². The second-order valence-electron chi connectivity index (χ2n) is 5.74. The number of fused-ring (bicyclic) bond motifs is 1. The van der Waals surface area contributed by atoms with Gasteiger partial charge in [0.1, 0.15) is 12.4 Å². The van der Waals surface area contributed by atoms with Crippen molar-refractivity contribution in [2.24, 2.45) is 0 Å². The molecule has 3 rings (SSSR count). The zero-order chi connectivity index (χ0) is 21.1. The second-order valence-corrected chi connectivity index (χ2v) is 5.74. The number of carbonyl (C=O) groups is 1. The molecule has 0 aliphatic rings. The van der Waals surface area contributed by atoms with E-state index >= 15 is 0 Å². The van der Waals surface area contributed by atoms with Gasteiger partial charge in [0.25, 0.3) is 5.69 Å². The summed E-state index contributed by atoms with van der Waals surface area (Å²) in [4.78, 5) is 22.8. The van der Waals surface area contributed by atoms with Gasteiger partial charge in [0, 0.05) is 6.20 Å². The number of methoxy groups -OCH3 is 1. The number of pyridine rings is 1. The van der Waals surface area contributed by atoms with Crippen molar-refractivity contribution in [1.29, 1.82) is 0 Å². The Bertz CT molecular complexity index is 1090. The zero-order valence-corrected chi connectivity index (χ0v) is 15.2. The molecule has 0 aliphatic carbocycles. The molecule has 0 aliphatic heterocycles. The van der Waals surface area contributed by atoms with Gasteiger partial charge in [-0.3, -0.25) is 14.5 Å². The van der Waals surface area contributed by atoms with E-state index in [0.29, 0.717) is 11.5 Å². The standard InChI is InChI=1S/C17H14F2N4O6/c1-9-20-21-15-4-3-10(7-22(9)15)16(24)28-8-11-5-13(27-2)14(29-17(18)19)6-12(11)23(25)26/h3-7,17H,8H2,1-2H3. The van der Waals surface area contributed by atoms with Crippen molar-refractivity contribution in [3.05, 3.63) is 57.5 Å². The topological polar surface area (TPSA) is 118 Å². The molecule has 0 unspecified atom stereocenters. The molecule has 0 N–H and O–H groups in total. The van der Waals surface area contributed by atoms with E-state index in [1.165, 1.54) is 19.4 Å². The SMILES string of the molecule is COc1cc(COC(=O)c2ccc3nnc(C)n3c2)c([N+](=O)[O-])cc1OC(F)F. The van der Waals surface area contributed by atoms with E-state index in [1.54, 1.807) is 17.4 Å². The lowest BCUT2D eigenvalue weighted by Gasteiger charge is -2.12. The Morgan fingerprint density at radius 2 is 2.03 bits per heavy atom. The van der Waals surface area contributed by atoms with Gasteiger partial charge < -0.3 is 14.2 Å². The lowest BCUT2D eigenvalue weighted by atomic mass is 10.1. The van der Waals surface area contributed by atoms with E-state index in [4.69, 9.17) is 9.47 Å². The largest absolute Gasteiger partial charge is 0.493 e. The number of carbonyl (C=O) groups excluding carboxylic acids is 1. The smallest absolute Gasteiger partial charge is 0.387 e. The van der Waals surface area contributed by atoms with Crippen LogP contribution in [0.3, 0.4) is 0 Å². The molecule has 29 heavy (non-hydrogen) atoms. The van der Waals surface area contributed by atoms with Crippen LogP contribution in [0.5, 0.6) is 11.5 Å². The number of benzene rings is 1. The summed E-state index contributed by atoms with van der Waals surface area (Å²) < 4.78 is 40.9. The summed E-state index contributed by atoms with van der Waals surface area (Å²) >= 11 is 0. The number of ether oxygens (including phenoxy) is 3. The van der Waals surface area contributed by atoms with Gasteiger partial charge in [0.15, 0.2) is 17.1 Å². The first kappa shape index (κ1) is 19.9. The van der Waals surface area contributed by atoms with Gasteiger partial charge in [-0.1, -0.05) is 0 Å². The number of aryl methyl sites for hydroxylation is 1. The van der Waals surface area contributed by atoms with Crippen LogP contribution in [0, 0.1) is 17.0 Å². The van der Waals surface area contributed by atoms with Crippen LogP contribution in [-0.2, 0) is 11.3 Å². The summed E-state index contributed by atoms with van der Waals surface area (Å²) in [5.41, 5.74) is 0.101. The summed E-state index contributed by atoms with van der Waals surface area (Å²) in [7, 11) is 1.19. The number of halogens is 2. The molecular weight excluding hydrogens is 394 g/mol. The second kappa shape index (κ2) is 8.04. The average molecular weight is 408 g/mol. The fourth-order valence-electron chi connectivity index (χ4n) is 2.58. The molecule has 10 nitrogen and oxygen atoms in total. The number of aromatic nitrogens is 3. The predicted octanol–water partition coefficient (Wildman–Crippen LogP) is 2.91. The van der Waals surface area contributed by atoms with Crippen LogP contribution < -0.4 is 9.47 Å². The van der Waals surface area contributed by atoms with Crippen LogP contribution in [0.2, 0.25) is 0 Å². The Balaban J connectivity index is 1.85. The van der Waals surface area contributed by atoms with Crippen LogP contribution in [0.4, 0.5) is 14.5 Å². The molecule has 0 atom stereocenters. The van der Waals surface area contributed by atoms with E-state index in [-0.39, 0.29) is 16.9 Å². The van der Waals surface area contributed by atoms with Crippen LogP contribution in [0.1, 0.15) is 21.7 Å². The van der Waals surface area contributed by atoms with Crippen molar-refractivity contribution >= 4 is 17.3 Å². The van der Waals surface area contributed by atoms with Crippen molar-refractivity contribution in [3.63, 3.8) is 0 Å². The number of rotatable bonds is 7. The van der Waals surface area contributed by atoms with E-state index in [2.05, 4.69) is 14.9 Å². The van der Waals surface area contributed by atoms with E-state index in [0.717, 1.165) is 12.1 Å². The summed E-state index contributed by atoms with van der Waals surface area (Å²) in [6.45, 7) is -1.98. The third-order valence-corrected chi connectivity index (χ3v) is 3.94. The summed E-state index contributed by atoms with van der Waals surface area (Å²) in [6.07, 6.45) is 1.47. The highest BCUT2D eigenvalue weighted by atomic mass is 19.3. The molecule has 0 amide bonds. The molecule has 2 heterocycles. The van der Waals surface area contributed by atoms with Gasteiger partial charge in [-0.25, -0.2) is 4.79 Å². The maximum absolute atomic E-state index is 12.5. The van der Waals surface area contributed by atoms with Gasteiger partial charge in [0.2, 0.25) is 0 Å². The van der Waals surface area contributed by atoms with Gasteiger partial charge in [-0.05, 0) is 25.1 Å². The van der Waals surface area contributed by atoms with Crippen LogP contribution in [0.15, 0.2) is 30.5 Å². The Labute approximate surface area is 161 Å². The van der Waals surface area contributed by atoms with Crippen LogP contribution in [0.25, 0.3) is 5.65 Å². The Hall–Kier alpha value is -3.83.